The van der Waals surface area contributed by atoms with Crippen LogP contribution in [0.4, 0.5) is 0 Å². The van der Waals surface area contributed by atoms with Gasteiger partial charge in [-0.3, -0.25) is 9.48 Å². The second kappa shape index (κ2) is 9.21. The average Bonchev–Trinajstić information content (AvgIpc) is 3.55. The first kappa shape index (κ1) is 21.4. The van der Waals surface area contributed by atoms with Gasteiger partial charge >= 0.3 is 0 Å². The molecule has 1 saturated heterocycles. The Hall–Kier alpha value is -2.42. The second-order valence-corrected chi connectivity index (χ2v) is 9.58. The van der Waals surface area contributed by atoms with Crippen LogP contribution in [0.15, 0.2) is 41.1 Å². The summed E-state index contributed by atoms with van der Waals surface area (Å²) in [7, 11) is 0. The third-order valence-corrected chi connectivity index (χ3v) is 7.27. The number of nitrogens with zero attached hydrogens (tertiary/aromatic N) is 5. The summed E-state index contributed by atoms with van der Waals surface area (Å²) in [6.07, 6.45) is 5.36. The van der Waals surface area contributed by atoms with Gasteiger partial charge in [-0.2, -0.15) is 5.10 Å². The minimum Gasteiger partial charge on any atom is -0.387 e. The van der Waals surface area contributed by atoms with Gasteiger partial charge in [-0.05, 0) is 25.0 Å². The normalized spacial score (nSPS) is 19.1. The van der Waals surface area contributed by atoms with Crippen molar-refractivity contribution in [2.45, 2.75) is 37.8 Å². The van der Waals surface area contributed by atoms with Crippen molar-refractivity contribution in [3.63, 3.8) is 0 Å². The fourth-order valence-electron chi connectivity index (χ4n) is 4.01. The number of benzene rings is 1. The minimum atomic E-state index is -0.234. The van der Waals surface area contributed by atoms with E-state index >= 15 is 0 Å². The predicted octanol–water partition coefficient (Wildman–Crippen LogP) is 4.72. The molecule has 10 heteroatoms. The summed E-state index contributed by atoms with van der Waals surface area (Å²) in [6, 6.07) is 8.65. The molecule has 1 radical (unpaired) electrons. The lowest BCUT2D eigenvalue weighted by atomic mass is 9.97. The third kappa shape index (κ3) is 4.53. The van der Waals surface area contributed by atoms with E-state index in [0.29, 0.717) is 35.5 Å². The summed E-state index contributed by atoms with van der Waals surface area (Å²) in [5.41, 5.74) is 2.50. The molecule has 7 nitrogen and oxygen atoms in total. The van der Waals surface area contributed by atoms with E-state index in [4.69, 9.17) is 33.0 Å². The summed E-state index contributed by atoms with van der Waals surface area (Å²) in [4.78, 5) is 24.9. The lowest BCUT2D eigenvalue weighted by Crippen LogP contribution is -2.39. The van der Waals surface area contributed by atoms with Crippen LogP contribution in [0.25, 0.3) is 0 Å². The highest BCUT2D eigenvalue weighted by molar-refractivity contribution is 7.10. The van der Waals surface area contributed by atoms with Gasteiger partial charge in [0.25, 0.3) is 0 Å². The first-order chi connectivity index (χ1) is 15.6. The quantitative estimate of drug-likeness (QED) is 0.520. The Kier molecular flexibility index (Phi) is 6.17. The number of hydrogen-bond acceptors (Lipinski definition) is 6. The molecule has 3 aromatic rings. The zero-order valence-corrected chi connectivity index (χ0v) is 19.4. The zero-order chi connectivity index (χ0) is 22.1. The number of hydrogen-bond donors (Lipinski definition) is 0. The molecule has 2 aromatic heterocycles. The summed E-state index contributed by atoms with van der Waals surface area (Å²) in [6.45, 7) is 1.63. The Morgan fingerprint density at radius 2 is 2.16 bits per heavy atom. The summed E-state index contributed by atoms with van der Waals surface area (Å²) < 4.78 is 1.57. The Balaban J connectivity index is 1.16. The molecule has 5 rings (SSSR count). The Labute approximate surface area is 199 Å². The number of rotatable bonds is 5. The Bertz CT molecular complexity index is 1150. The van der Waals surface area contributed by atoms with Crippen LogP contribution in [0, 0.1) is 6.07 Å². The summed E-state index contributed by atoms with van der Waals surface area (Å²) >= 11 is 13.8. The molecule has 2 aliphatic rings. The van der Waals surface area contributed by atoms with E-state index in [-0.39, 0.29) is 18.6 Å². The molecule has 2 aliphatic heterocycles. The fraction of sp³-hybridized carbons (Fsp3) is 0.364. The number of halogens is 2. The van der Waals surface area contributed by atoms with Crippen LogP contribution in [-0.2, 0) is 16.2 Å². The van der Waals surface area contributed by atoms with Gasteiger partial charge in [0.1, 0.15) is 12.3 Å². The van der Waals surface area contributed by atoms with Crippen LogP contribution >= 0.6 is 34.5 Å². The molecule has 1 fully saturated rings. The SMILES string of the molecule is O=C(Cn1cc(Cl)cn1)N1CCC(c2nc(C3=NOC(c4[c]cccc4Cl)C3)cs2)CC1. The second-order valence-electron chi connectivity index (χ2n) is 7.85. The predicted molar refractivity (Wildman–Crippen MR) is 123 cm³/mol. The number of aromatic nitrogens is 3. The number of carbonyl (C=O) groups excluding carboxylic acids is 1. The number of carbonyl (C=O) groups is 1. The van der Waals surface area contributed by atoms with Crippen molar-refractivity contribution >= 4 is 46.2 Å². The highest BCUT2D eigenvalue weighted by Gasteiger charge is 2.29. The number of oxime groups is 1. The molecule has 0 spiro atoms. The van der Waals surface area contributed by atoms with Gasteiger partial charge in [-0.25, -0.2) is 4.98 Å². The average molecular weight is 489 g/mol. The molecule has 4 heterocycles. The van der Waals surface area contributed by atoms with E-state index in [9.17, 15) is 4.79 Å². The van der Waals surface area contributed by atoms with Crippen molar-refractivity contribution in [2.24, 2.45) is 5.16 Å². The first-order valence-electron chi connectivity index (χ1n) is 10.4. The van der Waals surface area contributed by atoms with Gasteiger partial charge < -0.3 is 9.74 Å². The van der Waals surface area contributed by atoms with Crippen molar-refractivity contribution in [1.82, 2.24) is 19.7 Å². The molecule has 0 N–H and O–H groups in total. The van der Waals surface area contributed by atoms with Gasteiger partial charge in [0.05, 0.1) is 21.9 Å². The van der Waals surface area contributed by atoms with Gasteiger partial charge in [0, 0.05) is 47.6 Å². The Morgan fingerprint density at radius 3 is 2.91 bits per heavy atom. The maximum Gasteiger partial charge on any atom is 0.244 e. The monoisotopic (exact) mass is 488 g/mol. The van der Waals surface area contributed by atoms with Crippen LogP contribution in [-0.4, -0.2) is 44.4 Å². The van der Waals surface area contributed by atoms with Crippen molar-refractivity contribution in [3.05, 3.63) is 68.3 Å². The number of likely N-dealkylation sites (tertiary alicyclic amines) is 1. The zero-order valence-electron chi connectivity index (χ0n) is 17.1. The summed E-state index contributed by atoms with van der Waals surface area (Å²) in [5, 5.41) is 12.6. The van der Waals surface area contributed by atoms with E-state index in [1.807, 2.05) is 28.5 Å². The van der Waals surface area contributed by atoms with Crippen LogP contribution < -0.4 is 0 Å². The summed E-state index contributed by atoms with van der Waals surface area (Å²) in [5.74, 6) is 0.399. The molecule has 32 heavy (non-hydrogen) atoms. The van der Waals surface area contributed by atoms with Gasteiger partial charge in [0.15, 0.2) is 6.10 Å². The van der Waals surface area contributed by atoms with Crippen LogP contribution in [0.1, 0.15) is 47.5 Å². The maximum atomic E-state index is 12.5. The van der Waals surface area contributed by atoms with Crippen LogP contribution in [0.3, 0.4) is 0 Å². The standard InChI is InChI=1S/C22H20Cl2N5O2S/c23-15-10-25-29(11-15)12-21(30)28-7-5-14(6-8-28)22-26-19(13-32-22)18-9-20(31-27-18)16-3-1-2-4-17(16)24/h1-2,4,10-11,13-14,20H,5-9,12H2. The molecule has 1 unspecified atom stereocenters. The first-order valence-corrected chi connectivity index (χ1v) is 12.0. The van der Waals surface area contributed by atoms with Crippen molar-refractivity contribution in [2.75, 3.05) is 13.1 Å². The molecule has 1 amide bonds. The maximum absolute atomic E-state index is 12.5. The topological polar surface area (TPSA) is 72.6 Å². The third-order valence-electron chi connectivity index (χ3n) is 5.74. The molecule has 165 valence electrons. The van der Waals surface area contributed by atoms with Crippen LogP contribution in [0.2, 0.25) is 10.0 Å². The smallest absolute Gasteiger partial charge is 0.244 e. The Morgan fingerprint density at radius 1 is 1.31 bits per heavy atom. The number of piperidine rings is 1. The van der Waals surface area contributed by atoms with E-state index in [0.717, 1.165) is 34.8 Å². The lowest BCUT2D eigenvalue weighted by molar-refractivity contribution is -0.133. The van der Waals surface area contributed by atoms with Gasteiger partial charge in [-0.15, -0.1) is 11.3 Å². The van der Waals surface area contributed by atoms with Crippen LogP contribution in [0.5, 0.6) is 0 Å². The number of amides is 1. The molecule has 0 aliphatic carbocycles. The number of thiazole rings is 1. The highest BCUT2D eigenvalue weighted by Crippen LogP contribution is 2.35. The van der Waals surface area contributed by atoms with Crippen molar-refractivity contribution in [1.29, 1.82) is 0 Å². The lowest BCUT2D eigenvalue weighted by Gasteiger charge is -2.31. The van der Waals surface area contributed by atoms with E-state index in [2.05, 4.69) is 16.3 Å². The van der Waals surface area contributed by atoms with Gasteiger partial charge in [0.2, 0.25) is 5.91 Å². The molecule has 1 atom stereocenters. The molecular weight excluding hydrogens is 469 g/mol. The fourth-order valence-corrected chi connectivity index (χ4v) is 5.41. The van der Waals surface area contributed by atoms with E-state index in [1.54, 1.807) is 22.2 Å². The highest BCUT2D eigenvalue weighted by atomic mass is 35.5. The molecule has 0 bridgehead atoms. The van der Waals surface area contributed by atoms with Crippen molar-refractivity contribution < 1.29 is 9.63 Å². The molecule has 0 saturated carbocycles. The van der Waals surface area contributed by atoms with E-state index < -0.39 is 0 Å². The van der Waals surface area contributed by atoms with Gasteiger partial charge in [-0.1, -0.05) is 40.5 Å². The largest absolute Gasteiger partial charge is 0.387 e. The van der Waals surface area contributed by atoms with E-state index in [1.165, 1.54) is 6.20 Å². The molecular formula is C22H20Cl2N5O2S. The molecule has 1 aromatic carbocycles. The minimum absolute atomic E-state index is 0.0583. The van der Waals surface area contributed by atoms with Crippen molar-refractivity contribution in [3.8, 4) is 0 Å².